The van der Waals surface area contributed by atoms with Crippen LogP contribution >= 0.6 is 0 Å². The number of esters is 1. The first-order valence-electron chi connectivity index (χ1n) is 10.8. The largest absolute Gasteiger partial charge is 0.459 e. The van der Waals surface area contributed by atoms with Crippen LogP contribution in [0.5, 0.6) is 0 Å². The summed E-state index contributed by atoms with van der Waals surface area (Å²) in [5.41, 5.74) is 5.54. The van der Waals surface area contributed by atoms with E-state index in [1.807, 2.05) is 30.3 Å². The molecular formula is C25H41NO3. The number of benzene rings is 1. The van der Waals surface area contributed by atoms with Crippen molar-refractivity contribution in [2.75, 3.05) is 0 Å². The van der Waals surface area contributed by atoms with E-state index >= 15 is 0 Å². The Morgan fingerprint density at radius 3 is 2.07 bits per heavy atom. The minimum absolute atomic E-state index is 0.103. The summed E-state index contributed by atoms with van der Waals surface area (Å²) in [6.45, 7) is 14.9. The highest BCUT2D eigenvalue weighted by Gasteiger charge is 2.58. The highest BCUT2D eigenvalue weighted by molar-refractivity contribution is 5.78. The van der Waals surface area contributed by atoms with Gasteiger partial charge in [-0.2, -0.15) is 0 Å². The van der Waals surface area contributed by atoms with Crippen LogP contribution in [-0.4, -0.2) is 22.2 Å². The molecule has 1 aliphatic carbocycles. The highest BCUT2D eigenvalue weighted by Crippen LogP contribution is 2.66. The molecule has 164 valence electrons. The van der Waals surface area contributed by atoms with Gasteiger partial charge in [0.1, 0.15) is 6.61 Å². The van der Waals surface area contributed by atoms with E-state index in [4.69, 9.17) is 10.5 Å². The van der Waals surface area contributed by atoms with Crippen molar-refractivity contribution in [2.24, 2.45) is 22.0 Å². The Labute approximate surface area is 177 Å². The number of hydrogen-bond donors (Lipinski definition) is 2. The topological polar surface area (TPSA) is 72.5 Å². The fourth-order valence-electron chi connectivity index (χ4n) is 5.45. The van der Waals surface area contributed by atoms with E-state index in [1.165, 1.54) is 0 Å². The van der Waals surface area contributed by atoms with E-state index in [2.05, 4.69) is 41.5 Å². The van der Waals surface area contributed by atoms with Crippen molar-refractivity contribution in [1.29, 1.82) is 0 Å². The van der Waals surface area contributed by atoms with E-state index in [-0.39, 0.29) is 28.4 Å². The lowest BCUT2D eigenvalue weighted by molar-refractivity contribution is -0.169. The molecule has 0 spiro atoms. The minimum atomic E-state index is -1.51. The van der Waals surface area contributed by atoms with Crippen molar-refractivity contribution in [3.8, 4) is 0 Å². The number of aliphatic hydroxyl groups is 1. The van der Waals surface area contributed by atoms with Crippen LogP contribution in [0.25, 0.3) is 0 Å². The molecule has 0 aromatic heterocycles. The van der Waals surface area contributed by atoms with E-state index < -0.39 is 11.6 Å². The smallest absolute Gasteiger partial charge is 0.338 e. The molecule has 0 radical (unpaired) electrons. The molecule has 1 unspecified atom stereocenters. The highest BCUT2D eigenvalue weighted by atomic mass is 16.5. The Hall–Kier alpha value is -1.39. The lowest BCUT2D eigenvalue weighted by Crippen LogP contribution is -2.45. The van der Waals surface area contributed by atoms with Crippen LogP contribution in [0.1, 0.15) is 86.1 Å². The van der Waals surface area contributed by atoms with Crippen molar-refractivity contribution in [3.63, 3.8) is 0 Å². The number of carbonyl (C=O) groups excluding carboxylic acids is 1. The third-order valence-corrected chi connectivity index (χ3v) is 6.48. The van der Waals surface area contributed by atoms with Crippen molar-refractivity contribution >= 4 is 5.97 Å². The molecule has 0 aliphatic heterocycles. The maximum Gasteiger partial charge on any atom is 0.338 e. The Morgan fingerprint density at radius 2 is 1.59 bits per heavy atom. The van der Waals surface area contributed by atoms with Gasteiger partial charge in [0, 0.05) is 5.54 Å². The number of carbonyl (C=O) groups is 1. The second-order valence-electron chi connectivity index (χ2n) is 11.7. The molecule has 1 fully saturated rings. The molecular weight excluding hydrogens is 362 g/mol. The van der Waals surface area contributed by atoms with Crippen LogP contribution in [0.3, 0.4) is 0 Å². The van der Waals surface area contributed by atoms with Crippen molar-refractivity contribution < 1.29 is 14.6 Å². The Bertz CT molecular complexity index is 695. The molecule has 3 N–H and O–H groups in total. The van der Waals surface area contributed by atoms with Crippen LogP contribution in [0.4, 0.5) is 0 Å². The number of nitrogens with two attached hydrogens (primary N) is 1. The average molecular weight is 404 g/mol. The first-order valence-corrected chi connectivity index (χ1v) is 10.8. The van der Waals surface area contributed by atoms with E-state index in [0.29, 0.717) is 6.42 Å². The Balaban J connectivity index is 2.03. The summed E-state index contributed by atoms with van der Waals surface area (Å²) in [5, 5.41) is 11.0. The van der Waals surface area contributed by atoms with E-state index in [9.17, 15) is 9.90 Å². The fraction of sp³-hybridized carbons (Fsp3) is 0.720. The molecule has 0 saturated heterocycles. The average Bonchev–Trinajstić information content (AvgIpc) is 3.30. The maximum atomic E-state index is 12.6. The number of ether oxygens (including phenoxy) is 1. The van der Waals surface area contributed by atoms with Crippen LogP contribution in [-0.2, 0) is 16.1 Å². The van der Waals surface area contributed by atoms with Gasteiger partial charge in [-0.15, -0.1) is 0 Å². The summed E-state index contributed by atoms with van der Waals surface area (Å²) in [6, 6.07) is 9.56. The Morgan fingerprint density at radius 1 is 1.03 bits per heavy atom. The van der Waals surface area contributed by atoms with Gasteiger partial charge in [0.05, 0.1) is 0 Å². The third kappa shape index (κ3) is 6.55. The summed E-state index contributed by atoms with van der Waals surface area (Å²) in [6.07, 6.45) is 4.62. The van der Waals surface area contributed by atoms with Gasteiger partial charge in [-0.05, 0) is 74.7 Å². The first-order chi connectivity index (χ1) is 13.1. The molecule has 1 saturated carbocycles. The zero-order valence-electron chi connectivity index (χ0n) is 19.5. The van der Waals surface area contributed by atoms with Gasteiger partial charge in [0.2, 0.25) is 0 Å². The number of hydrogen-bond acceptors (Lipinski definition) is 4. The molecule has 1 aliphatic rings. The van der Waals surface area contributed by atoms with Gasteiger partial charge in [0.15, 0.2) is 5.60 Å². The van der Waals surface area contributed by atoms with Gasteiger partial charge in [-0.25, -0.2) is 4.79 Å². The predicted molar refractivity (Wildman–Crippen MR) is 118 cm³/mol. The zero-order valence-corrected chi connectivity index (χ0v) is 19.5. The third-order valence-electron chi connectivity index (χ3n) is 6.48. The standard InChI is InChI=1S/C25H41NO3/c1-21(2,16-23(5,6)26)17-25(13-14-25)22(3,4)18-24(7,28)20(27)29-15-19-11-9-8-10-12-19/h8-12,28H,13-18,26H2,1-7H3. The van der Waals surface area contributed by atoms with Gasteiger partial charge in [-0.1, -0.05) is 58.0 Å². The lowest BCUT2D eigenvalue weighted by Gasteiger charge is -2.44. The zero-order chi connectivity index (χ0) is 22.1. The van der Waals surface area contributed by atoms with Crippen LogP contribution in [0, 0.1) is 16.2 Å². The van der Waals surface area contributed by atoms with Crippen molar-refractivity contribution in [2.45, 2.75) is 98.3 Å². The molecule has 0 bridgehead atoms. The summed E-state index contributed by atoms with van der Waals surface area (Å²) >= 11 is 0. The van der Waals surface area contributed by atoms with Gasteiger partial charge in [-0.3, -0.25) is 0 Å². The summed E-state index contributed by atoms with van der Waals surface area (Å²) in [4.78, 5) is 12.6. The quantitative estimate of drug-likeness (QED) is 0.525. The van der Waals surface area contributed by atoms with E-state index in [1.54, 1.807) is 6.92 Å². The second kappa shape index (κ2) is 8.03. The molecule has 29 heavy (non-hydrogen) atoms. The summed E-state index contributed by atoms with van der Waals surface area (Å²) in [5.74, 6) is -0.549. The normalized spacial score (nSPS) is 18.8. The Kier molecular flexibility index (Phi) is 6.62. The lowest BCUT2D eigenvalue weighted by atomic mass is 9.62. The molecule has 1 atom stereocenters. The van der Waals surface area contributed by atoms with E-state index in [0.717, 1.165) is 31.2 Å². The monoisotopic (exact) mass is 403 g/mol. The molecule has 4 heteroatoms. The molecule has 2 rings (SSSR count). The van der Waals surface area contributed by atoms with Gasteiger partial charge < -0.3 is 15.6 Å². The molecule has 4 nitrogen and oxygen atoms in total. The van der Waals surface area contributed by atoms with Crippen LogP contribution in [0.2, 0.25) is 0 Å². The second-order valence-corrected chi connectivity index (χ2v) is 11.7. The minimum Gasteiger partial charge on any atom is -0.459 e. The molecule has 0 heterocycles. The first kappa shape index (κ1) is 23.9. The van der Waals surface area contributed by atoms with Gasteiger partial charge >= 0.3 is 5.97 Å². The molecule has 1 aromatic carbocycles. The summed E-state index contributed by atoms with van der Waals surface area (Å²) in [7, 11) is 0. The fourth-order valence-corrected chi connectivity index (χ4v) is 5.45. The number of rotatable bonds is 10. The maximum absolute atomic E-state index is 12.6. The van der Waals surface area contributed by atoms with Crippen LogP contribution < -0.4 is 5.73 Å². The summed E-state index contributed by atoms with van der Waals surface area (Å²) < 4.78 is 5.43. The van der Waals surface area contributed by atoms with Gasteiger partial charge in [0.25, 0.3) is 0 Å². The predicted octanol–water partition coefficient (Wildman–Crippen LogP) is 5.22. The van der Waals surface area contributed by atoms with Crippen LogP contribution in [0.15, 0.2) is 30.3 Å². The SMILES string of the molecule is CC(C)(N)CC(C)(C)CC1(C(C)(C)CC(C)(O)C(=O)OCc2ccccc2)CC1. The molecule has 1 aromatic rings. The van der Waals surface area contributed by atoms with Crippen molar-refractivity contribution in [3.05, 3.63) is 35.9 Å². The van der Waals surface area contributed by atoms with Crippen molar-refractivity contribution in [1.82, 2.24) is 0 Å². The molecule has 0 amide bonds.